The predicted molar refractivity (Wildman–Crippen MR) is 108 cm³/mol. The zero-order chi connectivity index (χ0) is 18.4. The van der Waals surface area contributed by atoms with Crippen molar-refractivity contribution in [1.82, 2.24) is 0 Å². The van der Waals surface area contributed by atoms with Gasteiger partial charge in [0.1, 0.15) is 5.56 Å². The standard InChI is InChI=1S/C24H15NO2/c26-24-22-20-9-5-4-8-18(20)14-15-21(22)25(27)23(24)19-12-10-17(11-13-19)16-6-2-1-3-7-16/h1-15H. The molecule has 0 fully saturated rings. The van der Waals surface area contributed by atoms with Crippen LogP contribution in [0.5, 0.6) is 0 Å². The molecule has 0 saturated carbocycles. The lowest BCUT2D eigenvalue weighted by Gasteiger charge is -2.04. The third-order valence-electron chi connectivity index (χ3n) is 5.04. The summed E-state index contributed by atoms with van der Waals surface area (Å²) in [5.74, 6) is -0.218. The van der Waals surface area contributed by atoms with Crippen LogP contribution in [0.2, 0.25) is 0 Å². The van der Waals surface area contributed by atoms with Gasteiger partial charge >= 0.3 is 0 Å². The molecule has 0 unspecified atom stereocenters. The molecule has 0 aromatic heterocycles. The lowest BCUT2D eigenvalue weighted by atomic mass is 9.96. The number of hydrogen-bond acceptors (Lipinski definition) is 2. The fourth-order valence-corrected chi connectivity index (χ4v) is 3.70. The molecule has 27 heavy (non-hydrogen) atoms. The van der Waals surface area contributed by atoms with Gasteiger partial charge in [0, 0.05) is 6.07 Å². The number of benzene rings is 4. The van der Waals surface area contributed by atoms with E-state index in [1.807, 2.05) is 84.9 Å². The maximum Gasteiger partial charge on any atom is 0.272 e. The van der Waals surface area contributed by atoms with Gasteiger partial charge in [-0.2, -0.15) is 4.74 Å². The largest absolute Gasteiger partial charge is 0.618 e. The Hall–Kier alpha value is -3.72. The van der Waals surface area contributed by atoms with Gasteiger partial charge < -0.3 is 5.21 Å². The number of Topliss-reactive ketones (excluding diaryl/α,β-unsaturated/α-hetero) is 1. The summed E-state index contributed by atoms with van der Waals surface area (Å²) in [4.78, 5) is 13.1. The minimum Gasteiger partial charge on any atom is -0.618 e. The summed E-state index contributed by atoms with van der Waals surface area (Å²) in [6.45, 7) is 0. The Morgan fingerprint density at radius 2 is 1.26 bits per heavy atom. The molecule has 3 nitrogen and oxygen atoms in total. The number of hydrogen-bond donors (Lipinski definition) is 0. The van der Waals surface area contributed by atoms with Crippen molar-refractivity contribution >= 4 is 28.0 Å². The Kier molecular flexibility index (Phi) is 3.41. The average Bonchev–Trinajstić information content (AvgIpc) is 2.99. The van der Waals surface area contributed by atoms with Gasteiger partial charge in [0.15, 0.2) is 0 Å². The minimum atomic E-state index is -0.218. The van der Waals surface area contributed by atoms with E-state index in [9.17, 15) is 10.0 Å². The molecule has 0 radical (unpaired) electrons. The predicted octanol–water partition coefficient (Wildman–Crippen LogP) is 5.33. The number of rotatable bonds is 2. The zero-order valence-electron chi connectivity index (χ0n) is 14.4. The smallest absolute Gasteiger partial charge is 0.272 e. The maximum absolute atomic E-state index is 13.1. The van der Waals surface area contributed by atoms with Crippen LogP contribution in [0.15, 0.2) is 91.0 Å². The Bertz CT molecular complexity index is 1220. The third kappa shape index (κ3) is 2.36. The molecule has 1 aliphatic heterocycles. The van der Waals surface area contributed by atoms with Crippen LogP contribution < -0.4 is 0 Å². The SMILES string of the molecule is O=C1C(c2ccc(-c3ccccc3)cc2)=[N+]([O-])c2ccc3ccccc3c21. The monoisotopic (exact) mass is 349 g/mol. The number of nitrogens with zero attached hydrogens (tertiary/aromatic N) is 1. The molecule has 128 valence electrons. The van der Waals surface area contributed by atoms with Gasteiger partial charge in [-0.1, -0.05) is 66.7 Å². The topological polar surface area (TPSA) is 43.1 Å². The van der Waals surface area contributed by atoms with Crippen molar-refractivity contribution in [2.24, 2.45) is 0 Å². The van der Waals surface area contributed by atoms with Gasteiger partial charge in [0.05, 0.1) is 5.56 Å². The van der Waals surface area contributed by atoms with Gasteiger partial charge in [-0.15, -0.1) is 0 Å². The van der Waals surface area contributed by atoms with Crippen molar-refractivity contribution in [2.45, 2.75) is 0 Å². The molecule has 0 atom stereocenters. The van der Waals surface area contributed by atoms with E-state index in [0.29, 0.717) is 16.8 Å². The second-order valence-corrected chi connectivity index (χ2v) is 6.60. The molecule has 0 aliphatic carbocycles. The molecule has 0 amide bonds. The minimum absolute atomic E-state index is 0.181. The van der Waals surface area contributed by atoms with Crippen molar-refractivity contribution in [2.75, 3.05) is 0 Å². The van der Waals surface area contributed by atoms with Crippen LogP contribution in [0.3, 0.4) is 0 Å². The number of carbonyl (C=O) groups is 1. The van der Waals surface area contributed by atoms with Gasteiger partial charge in [0.25, 0.3) is 11.5 Å². The highest BCUT2D eigenvalue weighted by molar-refractivity contribution is 6.53. The van der Waals surface area contributed by atoms with Crippen LogP contribution in [0.25, 0.3) is 21.9 Å². The lowest BCUT2D eigenvalue weighted by Crippen LogP contribution is -2.16. The molecule has 4 aromatic rings. The maximum atomic E-state index is 13.1. The summed E-state index contributed by atoms with van der Waals surface area (Å²) in [6.07, 6.45) is 0. The van der Waals surface area contributed by atoms with Gasteiger partial charge in [-0.3, -0.25) is 4.79 Å². The molecule has 5 rings (SSSR count). The fraction of sp³-hybridized carbons (Fsp3) is 0. The first-order valence-electron chi connectivity index (χ1n) is 8.80. The van der Waals surface area contributed by atoms with E-state index in [4.69, 9.17) is 0 Å². The normalized spacial score (nSPS) is 13.3. The van der Waals surface area contributed by atoms with E-state index < -0.39 is 0 Å². The molecular formula is C24H15NO2. The van der Waals surface area contributed by atoms with Gasteiger partial charge in [0.2, 0.25) is 5.69 Å². The number of ketones is 1. The van der Waals surface area contributed by atoms with E-state index in [-0.39, 0.29) is 11.5 Å². The Morgan fingerprint density at radius 1 is 0.630 bits per heavy atom. The molecule has 0 spiro atoms. The first kappa shape index (κ1) is 15.5. The summed E-state index contributed by atoms with van der Waals surface area (Å²) >= 11 is 0. The molecule has 1 heterocycles. The summed E-state index contributed by atoms with van der Waals surface area (Å²) in [7, 11) is 0. The number of carbonyl (C=O) groups excluding carboxylic acids is 1. The van der Waals surface area contributed by atoms with Crippen molar-refractivity contribution in [3.63, 3.8) is 0 Å². The summed E-state index contributed by atoms with van der Waals surface area (Å²) < 4.78 is 0.766. The second-order valence-electron chi connectivity index (χ2n) is 6.60. The summed E-state index contributed by atoms with van der Waals surface area (Å²) in [6, 6.07) is 28.8. The Labute approximate surface area is 156 Å². The highest BCUT2D eigenvalue weighted by atomic mass is 16.5. The molecular weight excluding hydrogens is 334 g/mol. The molecule has 0 N–H and O–H groups in total. The van der Waals surface area contributed by atoms with Crippen LogP contribution in [0.1, 0.15) is 15.9 Å². The van der Waals surface area contributed by atoms with Crippen molar-refractivity contribution < 1.29 is 9.53 Å². The summed E-state index contributed by atoms with van der Waals surface area (Å²) in [5, 5.41) is 14.6. The van der Waals surface area contributed by atoms with Crippen LogP contribution in [0.4, 0.5) is 5.69 Å². The van der Waals surface area contributed by atoms with Gasteiger partial charge in [-0.05, 0) is 40.1 Å². The van der Waals surface area contributed by atoms with E-state index in [1.54, 1.807) is 6.07 Å². The summed E-state index contributed by atoms with van der Waals surface area (Å²) in [5.41, 5.74) is 3.87. The molecule has 1 aliphatic rings. The highest BCUT2D eigenvalue weighted by Crippen LogP contribution is 2.34. The fourth-order valence-electron chi connectivity index (χ4n) is 3.70. The van der Waals surface area contributed by atoms with Gasteiger partial charge in [-0.25, -0.2) is 0 Å². The highest BCUT2D eigenvalue weighted by Gasteiger charge is 2.37. The van der Waals surface area contributed by atoms with Crippen molar-refractivity contribution in [3.05, 3.63) is 107 Å². The molecule has 4 aromatic carbocycles. The average molecular weight is 349 g/mol. The van der Waals surface area contributed by atoms with E-state index in [0.717, 1.165) is 26.6 Å². The van der Waals surface area contributed by atoms with Crippen LogP contribution in [0, 0.1) is 5.21 Å². The Morgan fingerprint density at radius 3 is 2.04 bits per heavy atom. The van der Waals surface area contributed by atoms with E-state index in [2.05, 4.69) is 0 Å². The quantitative estimate of drug-likeness (QED) is 0.362. The first-order chi connectivity index (χ1) is 13.2. The first-order valence-corrected chi connectivity index (χ1v) is 8.80. The Balaban J connectivity index is 1.60. The van der Waals surface area contributed by atoms with E-state index in [1.165, 1.54) is 0 Å². The van der Waals surface area contributed by atoms with Crippen molar-refractivity contribution in [3.8, 4) is 11.1 Å². The van der Waals surface area contributed by atoms with Crippen molar-refractivity contribution in [1.29, 1.82) is 0 Å². The van der Waals surface area contributed by atoms with Crippen LogP contribution >= 0.6 is 0 Å². The molecule has 3 heteroatoms. The lowest BCUT2D eigenvalue weighted by molar-refractivity contribution is -0.355. The number of fused-ring (bicyclic) bond motifs is 3. The third-order valence-corrected chi connectivity index (χ3v) is 5.04. The zero-order valence-corrected chi connectivity index (χ0v) is 14.4. The van der Waals surface area contributed by atoms with E-state index >= 15 is 0 Å². The van der Waals surface area contributed by atoms with Crippen LogP contribution in [-0.4, -0.2) is 16.2 Å². The molecule has 0 saturated heterocycles. The molecule has 0 bridgehead atoms. The second kappa shape index (κ2) is 5.92. The van der Waals surface area contributed by atoms with Crippen LogP contribution in [-0.2, 0) is 0 Å².